The molecule has 1 fully saturated rings. The van der Waals surface area contributed by atoms with Gasteiger partial charge in [0.2, 0.25) is 5.91 Å². The van der Waals surface area contributed by atoms with Gasteiger partial charge in [-0.05, 0) is 26.8 Å². The second kappa shape index (κ2) is 8.34. The van der Waals surface area contributed by atoms with E-state index in [1.165, 1.54) is 0 Å². The van der Waals surface area contributed by atoms with Crippen molar-refractivity contribution in [2.75, 3.05) is 27.3 Å². The van der Waals surface area contributed by atoms with Crippen LogP contribution in [0.15, 0.2) is 0 Å². The van der Waals surface area contributed by atoms with Gasteiger partial charge in [0.05, 0.1) is 19.6 Å². The number of carboxylic acids is 1. The number of aliphatic carboxylic acids is 1. The molecule has 0 aromatic heterocycles. The van der Waals surface area contributed by atoms with Crippen LogP contribution in [0.25, 0.3) is 0 Å². The fraction of sp³-hybridized carbons (Fsp3) is 0.867. The van der Waals surface area contributed by atoms with Crippen molar-refractivity contribution < 1.29 is 19.4 Å². The first kappa shape index (κ1) is 17.9. The monoisotopic (exact) mass is 300 g/mol. The molecule has 0 bridgehead atoms. The van der Waals surface area contributed by atoms with Gasteiger partial charge in [0.15, 0.2) is 0 Å². The SMILES string of the molecule is COCC(C)NC(=O)CN(C)C1(CC(=O)O)CCCCC1. The van der Waals surface area contributed by atoms with E-state index in [0.717, 1.165) is 32.1 Å². The van der Waals surface area contributed by atoms with Crippen LogP contribution in [0.4, 0.5) is 0 Å². The predicted molar refractivity (Wildman–Crippen MR) is 80.2 cm³/mol. The molecule has 0 aromatic rings. The van der Waals surface area contributed by atoms with E-state index >= 15 is 0 Å². The summed E-state index contributed by atoms with van der Waals surface area (Å²) in [6.45, 7) is 2.58. The summed E-state index contributed by atoms with van der Waals surface area (Å²) in [5.41, 5.74) is -0.383. The van der Waals surface area contributed by atoms with Gasteiger partial charge >= 0.3 is 5.97 Å². The number of carbonyl (C=O) groups excluding carboxylic acids is 1. The molecule has 1 amide bonds. The van der Waals surface area contributed by atoms with Crippen molar-refractivity contribution in [3.63, 3.8) is 0 Å². The molecule has 1 saturated carbocycles. The summed E-state index contributed by atoms with van der Waals surface area (Å²) < 4.78 is 4.99. The van der Waals surface area contributed by atoms with E-state index in [2.05, 4.69) is 5.32 Å². The Hall–Kier alpha value is -1.14. The number of likely N-dealkylation sites (N-methyl/N-ethyl adjacent to an activating group) is 1. The number of carbonyl (C=O) groups is 2. The molecular formula is C15H28N2O4. The number of nitrogens with zero attached hydrogens (tertiary/aromatic N) is 1. The quantitative estimate of drug-likeness (QED) is 0.705. The molecule has 2 N–H and O–H groups in total. The summed E-state index contributed by atoms with van der Waals surface area (Å²) in [6, 6.07) is -0.0438. The predicted octanol–water partition coefficient (Wildman–Crippen LogP) is 1.25. The van der Waals surface area contributed by atoms with Crippen LogP contribution in [0.5, 0.6) is 0 Å². The van der Waals surface area contributed by atoms with Gasteiger partial charge in [0.1, 0.15) is 0 Å². The smallest absolute Gasteiger partial charge is 0.305 e. The number of amides is 1. The van der Waals surface area contributed by atoms with Gasteiger partial charge in [-0.25, -0.2) is 0 Å². The lowest BCUT2D eigenvalue weighted by molar-refractivity contribution is -0.142. The highest BCUT2D eigenvalue weighted by molar-refractivity contribution is 5.78. The van der Waals surface area contributed by atoms with Crippen LogP contribution in [0.1, 0.15) is 45.4 Å². The number of carboxylic acid groups (broad SMARTS) is 1. The van der Waals surface area contributed by atoms with E-state index in [1.54, 1.807) is 7.11 Å². The molecule has 1 aliphatic rings. The van der Waals surface area contributed by atoms with Crippen molar-refractivity contribution in [2.45, 2.75) is 57.0 Å². The maximum absolute atomic E-state index is 12.1. The van der Waals surface area contributed by atoms with Crippen molar-refractivity contribution in [1.82, 2.24) is 10.2 Å². The van der Waals surface area contributed by atoms with Crippen LogP contribution in [0.3, 0.4) is 0 Å². The Morgan fingerprint density at radius 3 is 2.48 bits per heavy atom. The first-order valence-corrected chi connectivity index (χ1v) is 7.61. The third kappa shape index (κ3) is 5.63. The van der Waals surface area contributed by atoms with Crippen LogP contribution in [-0.2, 0) is 14.3 Å². The zero-order valence-corrected chi connectivity index (χ0v) is 13.4. The van der Waals surface area contributed by atoms with Crippen LogP contribution >= 0.6 is 0 Å². The summed E-state index contributed by atoms with van der Waals surface area (Å²) in [6.07, 6.45) is 4.99. The Morgan fingerprint density at radius 2 is 1.95 bits per heavy atom. The lowest BCUT2D eigenvalue weighted by Gasteiger charge is -2.43. The molecule has 0 saturated heterocycles. The molecule has 6 heteroatoms. The fourth-order valence-electron chi connectivity index (χ4n) is 3.18. The topological polar surface area (TPSA) is 78.9 Å². The first-order valence-electron chi connectivity index (χ1n) is 7.61. The highest BCUT2D eigenvalue weighted by Gasteiger charge is 2.38. The molecular weight excluding hydrogens is 272 g/mol. The third-order valence-corrected chi connectivity index (χ3v) is 4.28. The second-order valence-electron chi connectivity index (χ2n) is 6.14. The van der Waals surface area contributed by atoms with Gasteiger partial charge in [0, 0.05) is 18.7 Å². The minimum Gasteiger partial charge on any atom is -0.481 e. The van der Waals surface area contributed by atoms with Crippen LogP contribution in [-0.4, -0.2) is 60.8 Å². The van der Waals surface area contributed by atoms with Crippen molar-refractivity contribution in [3.8, 4) is 0 Å². The molecule has 0 aliphatic heterocycles. The molecule has 122 valence electrons. The zero-order chi connectivity index (χ0) is 15.9. The summed E-state index contributed by atoms with van der Waals surface area (Å²) in [7, 11) is 3.45. The molecule has 1 unspecified atom stereocenters. The second-order valence-corrected chi connectivity index (χ2v) is 6.14. The number of hydrogen-bond donors (Lipinski definition) is 2. The summed E-state index contributed by atoms with van der Waals surface area (Å²) in [5, 5.41) is 12.1. The first-order chi connectivity index (χ1) is 9.89. The number of nitrogens with one attached hydrogen (secondary N) is 1. The normalized spacial score (nSPS) is 19.2. The van der Waals surface area contributed by atoms with E-state index in [1.807, 2.05) is 18.9 Å². The minimum absolute atomic E-state index is 0.0438. The Bertz CT molecular complexity index is 354. The molecule has 1 aliphatic carbocycles. The van der Waals surface area contributed by atoms with Gasteiger partial charge in [-0.1, -0.05) is 19.3 Å². The maximum Gasteiger partial charge on any atom is 0.305 e. The number of hydrogen-bond acceptors (Lipinski definition) is 4. The average molecular weight is 300 g/mol. The maximum atomic E-state index is 12.1. The van der Waals surface area contributed by atoms with E-state index < -0.39 is 5.97 Å². The van der Waals surface area contributed by atoms with E-state index in [0.29, 0.717) is 6.61 Å². The van der Waals surface area contributed by atoms with E-state index in [4.69, 9.17) is 4.74 Å². The molecule has 6 nitrogen and oxygen atoms in total. The van der Waals surface area contributed by atoms with Crippen molar-refractivity contribution in [1.29, 1.82) is 0 Å². The van der Waals surface area contributed by atoms with Crippen LogP contribution in [0, 0.1) is 0 Å². The lowest BCUT2D eigenvalue weighted by atomic mass is 9.78. The minimum atomic E-state index is -0.795. The molecule has 0 radical (unpaired) electrons. The number of rotatable bonds is 8. The van der Waals surface area contributed by atoms with Crippen molar-refractivity contribution >= 4 is 11.9 Å². The van der Waals surface area contributed by atoms with Gasteiger partial charge in [0.25, 0.3) is 0 Å². The molecule has 0 aromatic carbocycles. The number of methoxy groups -OCH3 is 1. The Kier molecular flexibility index (Phi) is 7.11. The van der Waals surface area contributed by atoms with Gasteiger partial charge in [-0.15, -0.1) is 0 Å². The van der Waals surface area contributed by atoms with E-state index in [9.17, 15) is 14.7 Å². The fourth-order valence-corrected chi connectivity index (χ4v) is 3.18. The molecule has 21 heavy (non-hydrogen) atoms. The lowest BCUT2D eigenvalue weighted by Crippen LogP contribution is -2.53. The molecule has 1 rings (SSSR count). The largest absolute Gasteiger partial charge is 0.481 e. The summed E-state index contributed by atoms with van der Waals surface area (Å²) >= 11 is 0. The van der Waals surface area contributed by atoms with Crippen molar-refractivity contribution in [2.24, 2.45) is 0 Å². The highest BCUT2D eigenvalue weighted by Crippen LogP contribution is 2.35. The summed E-state index contributed by atoms with van der Waals surface area (Å²) in [4.78, 5) is 25.2. The van der Waals surface area contributed by atoms with Gasteiger partial charge in [-0.3, -0.25) is 14.5 Å². The van der Waals surface area contributed by atoms with Crippen molar-refractivity contribution in [3.05, 3.63) is 0 Å². The van der Waals surface area contributed by atoms with Crippen LogP contribution in [0.2, 0.25) is 0 Å². The average Bonchev–Trinajstić information content (AvgIpc) is 2.38. The van der Waals surface area contributed by atoms with Gasteiger partial charge in [-0.2, -0.15) is 0 Å². The molecule has 0 spiro atoms. The van der Waals surface area contributed by atoms with Gasteiger partial charge < -0.3 is 15.2 Å². The zero-order valence-electron chi connectivity index (χ0n) is 13.4. The standard InChI is InChI=1S/C15H28N2O4/c1-12(11-21-3)16-13(18)10-17(2)15(9-14(19)20)7-5-4-6-8-15/h12H,4-11H2,1-3H3,(H,16,18)(H,19,20). The third-order valence-electron chi connectivity index (χ3n) is 4.28. The van der Waals surface area contributed by atoms with E-state index in [-0.39, 0.29) is 30.5 Å². The summed E-state index contributed by atoms with van der Waals surface area (Å²) in [5.74, 6) is -0.880. The Morgan fingerprint density at radius 1 is 1.33 bits per heavy atom. The highest BCUT2D eigenvalue weighted by atomic mass is 16.5. The molecule has 0 heterocycles. The Labute approximate surface area is 126 Å². The Balaban J connectivity index is 2.61. The van der Waals surface area contributed by atoms with Crippen LogP contribution < -0.4 is 5.32 Å². The number of ether oxygens (including phenoxy) is 1. The molecule has 1 atom stereocenters.